The van der Waals surface area contributed by atoms with Gasteiger partial charge in [0.1, 0.15) is 5.75 Å². The van der Waals surface area contributed by atoms with E-state index < -0.39 is 0 Å². The molecule has 25 heavy (non-hydrogen) atoms. The monoisotopic (exact) mass is 337 g/mol. The minimum atomic E-state index is -0.118. The first-order valence-corrected chi connectivity index (χ1v) is 7.98. The number of benzene rings is 2. The molecule has 2 aromatic carbocycles. The number of hydrogen-bond donors (Lipinski definition) is 1. The summed E-state index contributed by atoms with van der Waals surface area (Å²) >= 11 is 0. The molecule has 0 aliphatic rings. The van der Waals surface area contributed by atoms with Crippen LogP contribution in [0.15, 0.2) is 53.3 Å². The largest absolute Gasteiger partial charge is 0.493 e. The molecule has 6 heteroatoms. The molecule has 0 fully saturated rings. The minimum Gasteiger partial charge on any atom is -0.493 e. The van der Waals surface area contributed by atoms with E-state index in [1.165, 1.54) is 12.0 Å². The highest BCUT2D eigenvalue weighted by Gasteiger charge is 2.07. The highest BCUT2D eigenvalue weighted by molar-refractivity contribution is 5.91. The van der Waals surface area contributed by atoms with Crippen LogP contribution in [0, 0.1) is 13.8 Å². The highest BCUT2D eigenvalue weighted by Crippen LogP contribution is 2.21. The molecule has 0 bridgehead atoms. The molecule has 1 heterocycles. The third kappa shape index (κ3) is 4.44. The van der Waals surface area contributed by atoms with Crippen molar-refractivity contribution in [2.75, 3.05) is 11.9 Å². The molecule has 0 unspecified atom stereocenters. The standard InChI is InChI=1S/C19H19N3O3/c1-13-6-7-17(14(2)10-13)24-9-8-18(23)21-16-5-3-4-15(11-16)19-22-20-12-25-19/h3-7,10-12H,8-9H2,1-2H3,(H,21,23). The van der Waals surface area contributed by atoms with Gasteiger partial charge < -0.3 is 14.5 Å². The number of nitrogens with one attached hydrogen (secondary N) is 1. The van der Waals surface area contributed by atoms with Gasteiger partial charge in [-0.05, 0) is 43.7 Å². The summed E-state index contributed by atoms with van der Waals surface area (Å²) in [7, 11) is 0. The van der Waals surface area contributed by atoms with Crippen molar-refractivity contribution in [1.29, 1.82) is 0 Å². The van der Waals surface area contributed by atoms with Crippen LogP contribution in [-0.4, -0.2) is 22.7 Å². The molecule has 0 atom stereocenters. The van der Waals surface area contributed by atoms with E-state index in [9.17, 15) is 4.79 Å². The van der Waals surface area contributed by atoms with Gasteiger partial charge >= 0.3 is 0 Å². The van der Waals surface area contributed by atoms with E-state index in [0.717, 1.165) is 16.9 Å². The van der Waals surface area contributed by atoms with Crippen LogP contribution in [0.5, 0.6) is 5.75 Å². The van der Waals surface area contributed by atoms with Gasteiger partial charge in [0, 0.05) is 11.3 Å². The van der Waals surface area contributed by atoms with E-state index in [0.29, 0.717) is 18.2 Å². The number of carbonyl (C=O) groups excluding carboxylic acids is 1. The molecule has 0 saturated carbocycles. The fourth-order valence-corrected chi connectivity index (χ4v) is 2.47. The Labute approximate surface area is 145 Å². The first kappa shape index (κ1) is 16.7. The van der Waals surface area contributed by atoms with Crippen molar-refractivity contribution in [3.05, 3.63) is 60.0 Å². The fraction of sp³-hybridized carbons (Fsp3) is 0.211. The van der Waals surface area contributed by atoms with Gasteiger partial charge in [-0.25, -0.2) is 0 Å². The molecule has 1 amide bonds. The predicted molar refractivity (Wildman–Crippen MR) is 94.4 cm³/mol. The van der Waals surface area contributed by atoms with E-state index >= 15 is 0 Å². The van der Waals surface area contributed by atoms with Crippen LogP contribution in [0.1, 0.15) is 17.5 Å². The fourth-order valence-electron chi connectivity index (χ4n) is 2.47. The molecule has 0 saturated heterocycles. The molecule has 1 aromatic heterocycles. The number of aryl methyl sites for hydroxylation is 2. The van der Waals surface area contributed by atoms with E-state index in [-0.39, 0.29) is 12.3 Å². The third-order valence-corrected chi connectivity index (χ3v) is 3.67. The maximum Gasteiger partial charge on any atom is 0.247 e. The number of nitrogens with zero attached hydrogens (tertiary/aromatic N) is 2. The van der Waals surface area contributed by atoms with Crippen LogP contribution in [-0.2, 0) is 4.79 Å². The van der Waals surface area contributed by atoms with E-state index in [1.807, 2.05) is 44.2 Å². The molecule has 1 N–H and O–H groups in total. The Hall–Kier alpha value is -3.15. The van der Waals surface area contributed by atoms with Crippen LogP contribution in [0.4, 0.5) is 5.69 Å². The highest BCUT2D eigenvalue weighted by atomic mass is 16.5. The molecule has 6 nitrogen and oxygen atoms in total. The molecule has 0 radical (unpaired) electrons. The summed E-state index contributed by atoms with van der Waals surface area (Å²) in [6.07, 6.45) is 1.53. The first-order valence-electron chi connectivity index (χ1n) is 7.98. The zero-order valence-corrected chi connectivity index (χ0v) is 14.2. The molecule has 128 valence electrons. The summed E-state index contributed by atoms with van der Waals surface area (Å²) in [5.41, 5.74) is 3.67. The number of ether oxygens (including phenoxy) is 1. The van der Waals surface area contributed by atoms with Gasteiger partial charge in [0.05, 0.1) is 13.0 Å². The second-order valence-electron chi connectivity index (χ2n) is 5.74. The number of anilines is 1. The van der Waals surface area contributed by atoms with Crippen molar-refractivity contribution in [3.8, 4) is 17.2 Å². The first-order chi connectivity index (χ1) is 12.1. The van der Waals surface area contributed by atoms with Crippen molar-refractivity contribution >= 4 is 11.6 Å². The van der Waals surface area contributed by atoms with Crippen LogP contribution in [0.2, 0.25) is 0 Å². The lowest BCUT2D eigenvalue weighted by molar-refractivity contribution is -0.116. The van der Waals surface area contributed by atoms with Gasteiger partial charge in [0.2, 0.25) is 18.2 Å². The van der Waals surface area contributed by atoms with Gasteiger partial charge in [-0.2, -0.15) is 0 Å². The number of amides is 1. The lowest BCUT2D eigenvalue weighted by atomic mass is 10.1. The minimum absolute atomic E-state index is 0.118. The average Bonchev–Trinajstić information content (AvgIpc) is 3.12. The number of rotatable bonds is 6. The Balaban J connectivity index is 1.53. The van der Waals surface area contributed by atoms with Crippen molar-refractivity contribution in [3.63, 3.8) is 0 Å². The zero-order chi connectivity index (χ0) is 17.6. The Bertz CT molecular complexity index is 860. The quantitative estimate of drug-likeness (QED) is 0.741. The Morgan fingerprint density at radius 1 is 1.20 bits per heavy atom. The van der Waals surface area contributed by atoms with Crippen molar-refractivity contribution in [2.24, 2.45) is 0 Å². The topological polar surface area (TPSA) is 77.2 Å². The predicted octanol–water partition coefficient (Wildman–Crippen LogP) is 3.76. The molecule has 0 spiro atoms. The van der Waals surface area contributed by atoms with E-state index in [1.54, 1.807) is 6.07 Å². The van der Waals surface area contributed by atoms with Crippen LogP contribution < -0.4 is 10.1 Å². The maximum absolute atomic E-state index is 12.1. The molecule has 0 aliphatic carbocycles. The Morgan fingerprint density at radius 2 is 2.08 bits per heavy atom. The van der Waals surface area contributed by atoms with Crippen LogP contribution >= 0.6 is 0 Å². The molecular formula is C19H19N3O3. The summed E-state index contributed by atoms with van der Waals surface area (Å²) < 4.78 is 10.8. The van der Waals surface area contributed by atoms with Crippen molar-refractivity contribution < 1.29 is 13.9 Å². The number of aromatic nitrogens is 2. The third-order valence-electron chi connectivity index (χ3n) is 3.67. The second-order valence-corrected chi connectivity index (χ2v) is 5.74. The Kier molecular flexibility index (Phi) is 5.09. The van der Waals surface area contributed by atoms with Crippen molar-refractivity contribution in [1.82, 2.24) is 10.2 Å². The zero-order valence-electron chi connectivity index (χ0n) is 14.2. The number of carbonyl (C=O) groups is 1. The summed E-state index contributed by atoms with van der Waals surface area (Å²) in [5, 5.41) is 10.4. The lowest BCUT2D eigenvalue weighted by Crippen LogP contribution is -2.15. The summed E-state index contributed by atoms with van der Waals surface area (Å²) in [6.45, 7) is 4.34. The lowest BCUT2D eigenvalue weighted by Gasteiger charge is -2.10. The van der Waals surface area contributed by atoms with Crippen LogP contribution in [0.3, 0.4) is 0 Å². The average molecular weight is 337 g/mol. The number of hydrogen-bond acceptors (Lipinski definition) is 5. The summed E-state index contributed by atoms with van der Waals surface area (Å²) in [5.74, 6) is 1.10. The summed E-state index contributed by atoms with van der Waals surface area (Å²) in [6, 6.07) is 13.2. The van der Waals surface area contributed by atoms with Gasteiger partial charge in [-0.3, -0.25) is 4.79 Å². The van der Waals surface area contributed by atoms with Gasteiger partial charge in [0.25, 0.3) is 0 Å². The van der Waals surface area contributed by atoms with Gasteiger partial charge in [-0.15, -0.1) is 10.2 Å². The molecule has 3 aromatic rings. The Morgan fingerprint density at radius 3 is 2.84 bits per heavy atom. The van der Waals surface area contributed by atoms with Crippen molar-refractivity contribution in [2.45, 2.75) is 20.3 Å². The summed E-state index contributed by atoms with van der Waals surface area (Å²) in [4.78, 5) is 12.1. The van der Waals surface area contributed by atoms with Crippen LogP contribution in [0.25, 0.3) is 11.5 Å². The van der Waals surface area contributed by atoms with Gasteiger partial charge in [0.15, 0.2) is 0 Å². The normalized spacial score (nSPS) is 10.5. The van der Waals surface area contributed by atoms with Gasteiger partial charge in [-0.1, -0.05) is 23.8 Å². The molecule has 3 rings (SSSR count). The smallest absolute Gasteiger partial charge is 0.247 e. The molecule has 0 aliphatic heterocycles. The molecular weight excluding hydrogens is 318 g/mol. The second kappa shape index (κ2) is 7.61. The van der Waals surface area contributed by atoms with E-state index in [4.69, 9.17) is 9.15 Å². The SMILES string of the molecule is Cc1ccc(OCCC(=O)Nc2cccc(-c3nnco3)c2)c(C)c1. The maximum atomic E-state index is 12.1. The van der Waals surface area contributed by atoms with E-state index in [2.05, 4.69) is 21.6 Å².